The fourth-order valence-corrected chi connectivity index (χ4v) is 2.30. The molecule has 0 fully saturated rings. The Hall–Kier alpha value is -2.08. The van der Waals surface area contributed by atoms with E-state index in [2.05, 4.69) is 10.3 Å². The minimum absolute atomic E-state index is 0.0410. The van der Waals surface area contributed by atoms with Crippen molar-refractivity contribution in [1.29, 1.82) is 0 Å². The average Bonchev–Trinajstić information content (AvgIpc) is 2.85. The summed E-state index contributed by atoms with van der Waals surface area (Å²) in [5.41, 5.74) is 7.16. The minimum Gasteiger partial charge on any atom is -0.494 e. The van der Waals surface area contributed by atoms with Crippen LogP contribution in [0.15, 0.2) is 29.6 Å². The molecular weight excluding hydrogens is 274 g/mol. The van der Waals surface area contributed by atoms with Gasteiger partial charge in [0, 0.05) is 17.5 Å². The standard InChI is InChI=1S/C14H17N3O2S/c1-2-19-12-6-3-10(4-7-12)16-13(18)8-5-11-9-20-14(15)17-11/h3-4,6-7,9H,2,5,8H2,1H3,(H2,15,17)(H,16,18). The Kier molecular flexibility index (Phi) is 4.95. The van der Waals surface area contributed by atoms with Crippen molar-refractivity contribution in [2.24, 2.45) is 0 Å². The van der Waals surface area contributed by atoms with E-state index in [0.29, 0.717) is 24.6 Å². The van der Waals surface area contributed by atoms with Crippen molar-refractivity contribution in [3.8, 4) is 5.75 Å². The van der Waals surface area contributed by atoms with Crippen LogP contribution in [-0.2, 0) is 11.2 Å². The molecule has 0 aliphatic rings. The third-order valence-electron chi connectivity index (χ3n) is 2.63. The second-order valence-corrected chi connectivity index (χ2v) is 5.07. The summed E-state index contributed by atoms with van der Waals surface area (Å²) in [6.07, 6.45) is 0.979. The van der Waals surface area contributed by atoms with E-state index in [0.717, 1.165) is 17.1 Å². The molecule has 0 aliphatic heterocycles. The SMILES string of the molecule is CCOc1ccc(NC(=O)CCc2csc(N)n2)cc1. The highest BCUT2D eigenvalue weighted by atomic mass is 32.1. The fourth-order valence-electron chi connectivity index (χ4n) is 1.70. The molecule has 20 heavy (non-hydrogen) atoms. The number of thiazole rings is 1. The van der Waals surface area contributed by atoms with Crippen LogP contribution >= 0.6 is 11.3 Å². The number of aromatic nitrogens is 1. The van der Waals surface area contributed by atoms with Gasteiger partial charge in [-0.3, -0.25) is 4.79 Å². The number of anilines is 2. The van der Waals surface area contributed by atoms with Gasteiger partial charge in [-0.2, -0.15) is 0 Å². The molecule has 0 bridgehead atoms. The molecule has 0 radical (unpaired) electrons. The normalized spacial score (nSPS) is 10.2. The van der Waals surface area contributed by atoms with Crippen molar-refractivity contribution in [3.63, 3.8) is 0 Å². The number of nitrogens with one attached hydrogen (secondary N) is 1. The summed E-state index contributed by atoms with van der Waals surface area (Å²) in [6.45, 7) is 2.56. The van der Waals surface area contributed by atoms with Crippen LogP contribution in [-0.4, -0.2) is 17.5 Å². The zero-order chi connectivity index (χ0) is 14.4. The van der Waals surface area contributed by atoms with Gasteiger partial charge in [-0.15, -0.1) is 11.3 Å². The van der Waals surface area contributed by atoms with Crippen LogP contribution < -0.4 is 15.8 Å². The summed E-state index contributed by atoms with van der Waals surface area (Å²) < 4.78 is 5.34. The van der Waals surface area contributed by atoms with Gasteiger partial charge < -0.3 is 15.8 Å². The molecule has 2 aromatic rings. The lowest BCUT2D eigenvalue weighted by Crippen LogP contribution is -2.12. The summed E-state index contributed by atoms with van der Waals surface area (Å²) in [5, 5.41) is 5.25. The van der Waals surface area contributed by atoms with Gasteiger partial charge >= 0.3 is 0 Å². The number of aryl methyl sites for hydroxylation is 1. The van der Waals surface area contributed by atoms with Crippen molar-refractivity contribution < 1.29 is 9.53 Å². The maximum Gasteiger partial charge on any atom is 0.224 e. The molecule has 5 nitrogen and oxygen atoms in total. The van der Waals surface area contributed by atoms with Crippen LogP contribution in [0.2, 0.25) is 0 Å². The number of carbonyl (C=O) groups excluding carboxylic acids is 1. The molecule has 1 aromatic carbocycles. The smallest absolute Gasteiger partial charge is 0.224 e. The Morgan fingerprint density at radius 2 is 2.15 bits per heavy atom. The summed E-state index contributed by atoms with van der Waals surface area (Å²) in [5.74, 6) is 0.754. The highest BCUT2D eigenvalue weighted by molar-refractivity contribution is 7.13. The predicted molar refractivity (Wildman–Crippen MR) is 81.1 cm³/mol. The number of benzene rings is 1. The van der Waals surface area contributed by atoms with E-state index in [4.69, 9.17) is 10.5 Å². The van der Waals surface area contributed by atoms with Crippen molar-refractivity contribution in [1.82, 2.24) is 4.98 Å². The van der Waals surface area contributed by atoms with Gasteiger partial charge in [-0.1, -0.05) is 0 Å². The molecule has 6 heteroatoms. The van der Waals surface area contributed by atoms with Crippen molar-refractivity contribution >= 4 is 28.1 Å². The number of nitrogen functional groups attached to an aromatic ring is 1. The Morgan fingerprint density at radius 1 is 1.40 bits per heavy atom. The largest absolute Gasteiger partial charge is 0.494 e. The second kappa shape index (κ2) is 6.91. The van der Waals surface area contributed by atoms with Crippen LogP contribution in [0.1, 0.15) is 19.0 Å². The summed E-state index contributed by atoms with van der Waals surface area (Å²) in [7, 11) is 0. The van der Waals surface area contributed by atoms with Crippen LogP contribution in [0.25, 0.3) is 0 Å². The van der Waals surface area contributed by atoms with Gasteiger partial charge in [0.1, 0.15) is 5.75 Å². The molecular formula is C14H17N3O2S. The summed E-state index contributed by atoms with van der Waals surface area (Å²) in [4.78, 5) is 15.9. The van der Waals surface area contributed by atoms with Crippen LogP contribution in [0, 0.1) is 0 Å². The van der Waals surface area contributed by atoms with Gasteiger partial charge in [0.05, 0.1) is 12.3 Å². The third kappa shape index (κ3) is 4.24. The van der Waals surface area contributed by atoms with E-state index < -0.39 is 0 Å². The van der Waals surface area contributed by atoms with Crippen molar-refractivity contribution in [3.05, 3.63) is 35.3 Å². The Labute approximate surface area is 121 Å². The Bertz CT molecular complexity index is 566. The first kappa shape index (κ1) is 14.3. The molecule has 0 spiro atoms. The molecule has 0 unspecified atom stereocenters. The average molecular weight is 291 g/mol. The third-order valence-corrected chi connectivity index (χ3v) is 3.35. The van der Waals surface area contributed by atoms with E-state index in [1.807, 2.05) is 36.6 Å². The molecule has 1 aromatic heterocycles. The predicted octanol–water partition coefficient (Wildman–Crippen LogP) is 2.70. The van der Waals surface area contributed by atoms with Gasteiger partial charge in [0.2, 0.25) is 5.91 Å². The number of amides is 1. The molecule has 0 atom stereocenters. The van der Waals surface area contributed by atoms with Gasteiger partial charge in [0.15, 0.2) is 5.13 Å². The topological polar surface area (TPSA) is 77.2 Å². The lowest BCUT2D eigenvalue weighted by molar-refractivity contribution is -0.116. The second-order valence-electron chi connectivity index (χ2n) is 4.18. The minimum atomic E-state index is -0.0410. The molecule has 1 amide bonds. The Morgan fingerprint density at radius 3 is 2.75 bits per heavy atom. The molecule has 106 valence electrons. The molecule has 0 aliphatic carbocycles. The van der Waals surface area contributed by atoms with Gasteiger partial charge in [-0.25, -0.2) is 4.98 Å². The van der Waals surface area contributed by atoms with Crippen LogP contribution in [0.5, 0.6) is 5.75 Å². The van der Waals surface area contributed by atoms with Crippen molar-refractivity contribution in [2.75, 3.05) is 17.7 Å². The molecule has 0 saturated carbocycles. The Balaban J connectivity index is 1.81. The molecule has 2 rings (SSSR count). The lowest BCUT2D eigenvalue weighted by atomic mass is 10.2. The zero-order valence-electron chi connectivity index (χ0n) is 11.3. The fraction of sp³-hybridized carbons (Fsp3) is 0.286. The van der Waals surface area contributed by atoms with E-state index >= 15 is 0 Å². The number of hydrogen-bond acceptors (Lipinski definition) is 5. The number of nitrogens with zero attached hydrogens (tertiary/aromatic N) is 1. The maximum absolute atomic E-state index is 11.8. The van der Waals surface area contributed by atoms with E-state index in [1.165, 1.54) is 11.3 Å². The quantitative estimate of drug-likeness (QED) is 0.858. The number of hydrogen-bond donors (Lipinski definition) is 2. The molecule has 3 N–H and O–H groups in total. The first-order valence-corrected chi connectivity index (χ1v) is 7.28. The summed E-state index contributed by atoms with van der Waals surface area (Å²) in [6, 6.07) is 7.31. The zero-order valence-corrected chi connectivity index (χ0v) is 12.1. The number of carbonyl (C=O) groups is 1. The first-order valence-electron chi connectivity index (χ1n) is 6.40. The number of rotatable bonds is 6. The van der Waals surface area contributed by atoms with Crippen molar-refractivity contribution in [2.45, 2.75) is 19.8 Å². The monoisotopic (exact) mass is 291 g/mol. The van der Waals surface area contributed by atoms with Gasteiger partial charge in [-0.05, 0) is 37.6 Å². The van der Waals surface area contributed by atoms with E-state index in [9.17, 15) is 4.79 Å². The van der Waals surface area contributed by atoms with E-state index in [1.54, 1.807) is 0 Å². The lowest BCUT2D eigenvalue weighted by Gasteiger charge is -2.06. The molecule has 0 saturated heterocycles. The van der Waals surface area contributed by atoms with Crippen LogP contribution in [0.4, 0.5) is 10.8 Å². The number of nitrogens with two attached hydrogens (primary N) is 1. The number of ether oxygens (including phenoxy) is 1. The van der Waals surface area contributed by atoms with Gasteiger partial charge in [0.25, 0.3) is 0 Å². The highest BCUT2D eigenvalue weighted by Gasteiger charge is 2.05. The first-order chi connectivity index (χ1) is 9.67. The maximum atomic E-state index is 11.8. The summed E-state index contributed by atoms with van der Waals surface area (Å²) >= 11 is 1.39. The van der Waals surface area contributed by atoms with Crippen LogP contribution in [0.3, 0.4) is 0 Å². The van der Waals surface area contributed by atoms with E-state index in [-0.39, 0.29) is 5.91 Å². The highest BCUT2D eigenvalue weighted by Crippen LogP contribution is 2.16. The molecule has 1 heterocycles.